The van der Waals surface area contributed by atoms with Crippen molar-refractivity contribution in [3.8, 4) is 0 Å². The first kappa shape index (κ1) is 14.9. The number of anilines is 1. The van der Waals surface area contributed by atoms with Crippen LogP contribution in [0.1, 0.15) is 43.6 Å². The second-order valence-corrected chi connectivity index (χ2v) is 6.00. The Morgan fingerprint density at radius 2 is 1.75 bits per heavy atom. The zero-order valence-corrected chi connectivity index (χ0v) is 12.3. The molecule has 1 saturated carbocycles. The fourth-order valence-corrected chi connectivity index (χ4v) is 3.08. The van der Waals surface area contributed by atoms with E-state index in [1.165, 1.54) is 0 Å². The van der Waals surface area contributed by atoms with Gasteiger partial charge in [0.2, 0.25) is 5.91 Å². The Morgan fingerprint density at radius 1 is 1.20 bits per heavy atom. The number of amides is 1. The van der Waals surface area contributed by atoms with Crippen LogP contribution in [0, 0.1) is 0 Å². The van der Waals surface area contributed by atoms with Crippen LogP contribution >= 0.6 is 0 Å². The molecule has 4 nitrogen and oxygen atoms in total. The lowest BCUT2D eigenvalue weighted by molar-refractivity contribution is -0.139. The van der Waals surface area contributed by atoms with Crippen molar-refractivity contribution in [2.45, 2.75) is 43.6 Å². The van der Waals surface area contributed by atoms with Crippen LogP contribution in [0.3, 0.4) is 0 Å². The number of nitrogens with zero attached hydrogens (tertiary/aromatic N) is 1. The van der Waals surface area contributed by atoms with Crippen molar-refractivity contribution in [3.63, 3.8) is 0 Å². The van der Waals surface area contributed by atoms with Gasteiger partial charge in [0.15, 0.2) is 0 Å². The summed E-state index contributed by atoms with van der Waals surface area (Å²) in [5.74, 6) is -0.544. The molecule has 0 bridgehead atoms. The Labute approximate surface area is 120 Å². The second kappa shape index (κ2) is 5.83. The highest BCUT2D eigenvalue weighted by Gasteiger charge is 2.43. The van der Waals surface area contributed by atoms with Gasteiger partial charge in [0.25, 0.3) is 0 Å². The van der Waals surface area contributed by atoms with Crippen LogP contribution < -0.4 is 5.73 Å². The maximum Gasteiger partial charge on any atom is 0.232 e. The normalized spacial score (nSPS) is 19.4. The van der Waals surface area contributed by atoms with Gasteiger partial charge in [-0.2, -0.15) is 0 Å². The molecular formula is C16H24N2O2. The highest BCUT2D eigenvalue weighted by atomic mass is 16.3. The third-order valence-electron chi connectivity index (χ3n) is 4.21. The summed E-state index contributed by atoms with van der Waals surface area (Å²) in [4.78, 5) is 14.1. The van der Waals surface area contributed by atoms with Crippen molar-refractivity contribution >= 4 is 11.6 Å². The summed E-state index contributed by atoms with van der Waals surface area (Å²) < 4.78 is 0. The van der Waals surface area contributed by atoms with E-state index in [0.717, 1.165) is 24.8 Å². The van der Waals surface area contributed by atoms with Crippen molar-refractivity contribution in [2.75, 3.05) is 19.8 Å². The zero-order chi connectivity index (χ0) is 14.8. The number of nitrogen functional groups attached to an aromatic ring is 1. The Balaban J connectivity index is 2.38. The molecule has 1 amide bonds. The van der Waals surface area contributed by atoms with E-state index in [1.807, 2.05) is 12.1 Å². The second-order valence-electron chi connectivity index (χ2n) is 6.00. The molecule has 0 aromatic heterocycles. The van der Waals surface area contributed by atoms with Crippen LogP contribution in [0.4, 0.5) is 5.69 Å². The Kier molecular flexibility index (Phi) is 4.33. The molecule has 110 valence electrons. The number of hydrogen-bond acceptors (Lipinski definition) is 3. The van der Waals surface area contributed by atoms with Gasteiger partial charge >= 0.3 is 0 Å². The van der Waals surface area contributed by atoms with E-state index in [9.17, 15) is 9.90 Å². The van der Waals surface area contributed by atoms with E-state index in [-0.39, 0.29) is 5.91 Å². The molecule has 1 fully saturated rings. The minimum absolute atomic E-state index is 0.0424. The Morgan fingerprint density at radius 3 is 2.25 bits per heavy atom. The summed E-state index contributed by atoms with van der Waals surface area (Å²) in [5, 5.41) is 11.0. The van der Waals surface area contributed by atoms with E-state index >= 15 is 0 Å². The number of aliphatic hydroxyl groups is 1. The molecule has 1 atom stereocenters. The number of nitrogens with two attached hydrogens (primary N) is 1. The average Bonchev–Trinajstić information content (AvgIpc) is 2.41. The van der Waals surface area contributed by atoms with Gasteiger partial charge in [-0.25, -0.2) is 0 Å². The van der Waals surface area contributed by atoms with Gasteiger partial charge in [0, 0.05) is 19.8 Å². The fourth-order valence-electron chi connectivity index (χ4n) is 3.08. The van der Waals surface area contributed by atoms with Crippen LogP contribution in [-0.4, -0.2) is 35.6 Å². The summed E-state index contributed by atoms with van der Waals surface area (Å²) >= 11 is 0. The first-order chi connectivity index (χ1) is 9.44. The smallest absolute Gasteiger partial charge is 0.232 e. The molecule has 3 N–H and O–H groups in total. The highest BCUT2D eigenvalue weighted by molar-refractivity contribution is 5.85. The SMILES string of the molecule is CN(C)C(=O)C(c1ccc(N)cc1)C1(O)CCCCC1. The first-order valence-corrected chi connectivity index (χ1v) is 7.23. The predicted octanol–water partition coefficient (Wildman–Crippen LogP) is 2.14. The van der Waals surface area contributed by atoms with Crippen molar-refractivity contribution in [2.24, 2.45) is 0 Å². The number of likely N-dealkylation sites (N-methyl/N-ethyl adjacent to an activating group) is 1. The summed E-state index contributed by atoms with van der Waals surface area (Å²) in [5.41, 5.74) is 6.30. The number of rotatable bonds is 3. The lowest BCUT2D eigenvalue weighted by atomic mass is 9.72. The quantitative estimate of drug-likeness (QED) is 0.831. The molecule has 4 heteroatoms. The predicted molar refractivity (Wildman–Crippen MR) is 80.3 cm³/mol. The molecule has 0 spiro atoms. The first-order valence-electron chi connectivity index (χ1n) is 7.23. The molecule has 1 aliphatic rings. The van der Waals surface area contributed by atoms with Crippen molar-refractivity contribution in [3.05, 3.63) is 29.8 Å². The average molecular weight is 276 g/mol. The Bertz CT molecular complexity index is 462. The van der Waals surface area contributed by atoms with Gasteiger partial charge in [0.05, 0.1) is 11.5 Å². The molecular weight excluding hydrogens is 252 g/mol. The molecule has 1 aromatic rings. The maximum absolute atomic E-state index is 12.6. The molecule has 0 saturated heterocycles. The van der Waals surface area contributed by atoms with E-state index in [2.05, 4.69) is 0 Å². The molecule has 1 unspecified atom stereocenters. The van der Waals surface area contributed by atoms with Crippen molar-refractivity contribution in [1.29, 1.82) is 0 Å². The molecule has 1 aromatic carbocycles. The topological polar surface area (TPSA) is 66.6 Å². The van der Waals surface area contributed by atoms with E-state index in [0.29, 0.717) is 18.5 Å². The number of hydrogen-bond donors (Lipinski definition) is 2. The van der Waals surface area contributed by atoms with Crippen LogP contribution in [0.15, 0.2) is 24.3 Å². The minimum Gasteiger partial charge on any atom is -0.399 e. The van der Waals surface area contributed by atoms with Crippen LogP contribution in [-0.2, 0) is 4.79 Å². The molecule has 2 rings (SSSR count). The summed E-state index contributed by atoms with van der Waals surface area (Å²) in [6.07, 6.45) is 4.45. The highest BCUT2D eigenvalue weighted by Crippen LogP contribution is 2.40. The monoisotopic (exact) mass is 276 g/mol. The van der Waals surface area contributed by atoms with Gasteiger partial charge in [0.1, 0.15) is 0 Å². The van der Waals surface area contributed by atoms with E-state index < -0.39 is 11.5 Å². The third kappa shape index (κ3) is 2.96. The van der Waals surface area contributed by atoms with E-state index in [4.69, 9.17) is 5.73 Å². The van der Waals surface area contributed by atoms with Gasteiger partial charge in [-0.3, -0.25) is 4.79 Å². The molecule has 0 aliphatic heterocycles. The van der Waals surface area contributed by atoms with Gasteiger partial charge in [-0.15, -0.1) is 0 Å². The van der Waals surface area contributed by atoms with Crippen LogP contribution in [0.2, 0.25) is 0 Å². The van der Waals surface area contributed by atoms with Gasteiger partial charge in [-0.05, 0) is 30.5 Å². The standard InChI is InChI=1S/C16H24N2O2/c1-18(2)15(19)14(12-6-8-13(17)9-7-12)16(20)10-4-3-5-11-16/h6-9,14,20H,3-5,10-11,17H2,1-2H3. The largest absolute Gasteiger partial charge is 0.399 e. The number of carbonyl (C=O) groups excluding carboxylic acids is 1. The van der Waals surface area contributed by atoms with Gasteiger partial charge < -0.3 is 15.7 Å². The number of benzene rings is 1. The lowest BCUT2D eigenvalue weighted by Crippen LogP contribution is -2.46. The molecule has 1 aliphatic carbocycles. The van der Waals surface area contributed by atoms with Gasteiger partial charge in [-0.1, -0.05) is 31.4 Å². The fraction of sp³-hybridized carbons (Fsp3) is 0.562. The summed E-state index contributed by atoms with van der Waals surface area (Å²) in [6, 6.07) is 7.29. The third-order valence-corrected chi connectivity index (χ3v) is 4.21. The molecule has 0 heterocycles. The van der Waals surface area contributed by atoms with E-state index in [1.54, 1.807) is 31.1 Å². The molecule has 20 heavy (non-hydrogen) atoms. The maximum atomic E-state index is 12.6. The Hall–Kier alpha value is -1.55. The summed E-state index contributed by atoms with van der Waals surface area (Å²) in [6.45, 7) is 0. The van der Waals surface area contributed by atoms with Crippen molar-refractivity contribution < 1.29 is 9.90 Å². The van der Waals surface area contributed by atoms with Crippen LogP contribution in [0.25, 0.3) is 0 Å². The minimum atomic E-state index is -0.935. The zero-order valence-electron chi connectivity index (χ0n) is 12.3. The van der Waals surface area contributed by atoms with Crippen LogP contribution in [0.5, 0.6) is 0 Å². The summed E-state index contributed by atoms with van der Waals surface area (Å²) in [7, 11) is 3.47. The van der Waals surface area contributed by atoms with Crippen molar-refractivity contribution in [1.82, 2.24) is 4.90 Å². The number of carbonyl (C=O) groups is 1. The lowest BCUT2D eigenvalue weighted by Gasteiger charge is -2.39. The molecule has 0 radical (unpaired) electrons.